The number of anilines is 1. The molecule has 0 aliphatic heterocycles. The number of sulfonamides is 1. The summed E-state index contributed by atoms with van der Waals surface area (Å²) in [6.07, 6.45) is 0. The smallest absolute Gasteiger partial charge is 0.264 e. The van der Waals surface area contributed by atoms with Gasteiger partial charge in [-0.15, -0.1) is 0 Å². The molecule has 0 saturated carbocycles. The summed E-state index contributed by atoms with van der Waals surface area (Å²) < 4.78 is 34.5. The van der Waals surface area contributed by atoms with E-state index in [9.17, 15) is 18.0 Å². The highest BCUT2D eigenvalue weighted by Crippen LogP contribution is 2.27. The summed E-state index contributed by atoms with van der Waals surface area (Å²) in [5, 5.41) is 3.34. The molecular formula is C31H38ClN3O5S. The molecular weight excluding hydrogens is 562 g/mol. The molecule has 10 heteroatoms. The third kappa shape index (κ3) is 8.47. The summed E-state index contributed by atoms with van der Waals surface area (Å²) in [6.45, 7) is 10.8. The van der Waals surface area contributed by atoms with Gasteiger partial charge >= 0.3 is 0 Å². The number of ether oxygens (including phenoxy) is 1. The minimum atomic E-state index is -4.16. The molecule has 0 aromatic heterocycles. The van der Waals surface area contributed by atoms with Crippen LogP contribution in [0.2, 0.25) is 5.02 Å². The van der Waals surface area contributed by atoms with Crippen molar-refractivity contribution < 1.29 is 22.7 Å². The second kappa shape index (κ2) is 13.4. The minimum absolute atomic E-state index is 0.0128. The fraction of sp³-hybridized carbons (Fsp3) is 0.355. The van der Waals surface area contributed by atoms with Gasteiger partial charge in [0.1, 0.15) is 18.3 Å². The molecule has 0 spiro atoms. The van der Waals surface area contributed by atoms with Crippen LogP contribution in [0, 0.1) is 6.92 Å². The lowest BCUT2D eigenvalue weighted by atomic mass is 10.1. The number of carbonyl (C=O) groups excluding carboxylic acids is 2. The maximum atomic E-state index is 14.0. The van der Waals surface area contributed by atoms with E-state index < -0.39 is 34.1 Å². The Morgan fingerprint density at radius 3 is 2.15 bits per heavy atom. The minimum Gasteiger partial charge on any atom is -0.494 e. The van der Waals surface area contributed by atoms with Crippen molar-refractivity contribution in [3.05, 3.63) is 88.9 Å². The van der Waals surface area contributed by atoms with E-state index in [2.05, 4.69) is 5.32 Å². The Labute approximate surface area is 248 Å². The van der Waals surface area contributed by atoms with Crippen LogP contribution in [-0.2, 0) is 26.2 Å². The molecule has 0 unspecified atom stereocenters. The summed E-state index contributed by atoms with van der Waals surface area (Å²) in [6, 6.07) is 19.0. The van der Waals surface area contributed by atoms with Gasteiger partial charge in [-0.2, -0.15) is 0 Å². The zero-order valence-electron chi connectivity index (χ0n) is 24.3. The van der Waals surface area contributed by atoms with Gasteiger partial charge < -0.3 is 15.0 Å². The maximum absolute atomic E-state index is 14.0. The molecule has 0 fully saturated rings. The molecule has 0 bridgehead atoms. The molecule has 8 nitrogen and oxygen atoms in total. The summed E-state index contributed by atoms with van der Waals surface area (Å²) >= 11 is 6.41. The molecule has 1 N–H and O–H groups in total. The number of rotatable bonds is 11. The third-order valence-corrected chi connectivity index (χ3v) is 8.44. The van der Waals surface area contributed by atoms with Gasteiger partial charge in [-0.25, -0.2) is 8.42 Å². The molecule has 220 valence electrons. The Morgan fingerprint density at radius 2 is 1.59 bits per heavy atom. The zero-order chi connectivity index (χ0) is 30.4. The molecule has 3 rings (SSSR count). The second-order valence-corrected chi connectivity index (χ2v) is 13.0. The van der Waals surface area contributed by atoms with E-state index in [0.29, 0.717) is 22.9 Å². The number of nitrogens with zero attached hydrogens (tertiary/aromatic N) is 2. The van der Waals surface area contributed by atoms with Crippen molar-refractivity contribution in [1.29, 1.82) is 0 Å². The molecule has 2 amide bonds. The highest BCUT2D eigenvalue weighted by atomic mass is 35.5. The Bertz CT molecular complexity index is 1450. The average Bonchev–Trinajstić information content (AvgIpc) is 2.90. The number of amides is 2. The van der Waals surface area contributed by atoms with Gasteiger partial charge in [-0.1, -0.05) is 47.5 Å². The molecule has 0 radical (unpaired) electrons. The van der Waals surface area contributed by atoms with Crippen LogP contribution in [-0.4, -0.2) is 49.9 Å². The predicted molar refractivity (Wildman–Crippen MR) is 163 cm³/mol. The summed E-state index contributed by atoms with van der Waals surface area (Å²) in [7, 11) is -4.16. The molecule has 0 aliphatic rings. The standard InChI is InChI=1S/C31H38ClN3O5S/c1-7-40-26-16-14-25(15-17-26)35(41(38,39)27-18-12-22(2)13-19-27)21-29(36)34(20-24-10-8-9-11-28(24)32)23(3)30(37)33-31(4,5)6/h8-19,23H,7,20-21H2,1-6H3,(H,33,37)/t23-/m0/s1. The van der Waals surface area contributed by atoms with Crippen LogP contribution in [0.5, 0.6) is 5.75 Å². The first-order chi connectivity index (χ1) is 19.2. The SMILES string of the molecule is CCOc1ccc(N(CC(=O)N(Cc2ccccc2Cl)[C@@H](C)C(=O)NC(C)(C)C)S(=O)(=O)c2ccc(C)cc2)cc1. The largest absolute Gasteiger partial charge is 0.494 e. The van der Waals surface area contributed by atoms with Gasteiger partial charge in [0, 0.05) is 17.1 Å². The quantitative estimate of drug-likeness (QED) is 0.311. The van der Waals surface area contributed by atoms with E-state index in [-0.39, 0.29) is 23.0 Å². The fourth-order valence-corrected chi connectivity index (χ4v) is 5.72. The number of aryl methyl sites for hydroxylation is 1. The third-order valence-electron chi connectivity index (χ3n) is 6.29. The van der Waals surface area contributed by atoms with Crippen molar-refractivity contribution in [3.63, 3.8) is 0 Å². The molecule has 0 saturated heterocycles. The molecule has 3 aromatic carbocycles. The van der Waals surface area contributed by atoms with Crippen LogP contribution in [0.15, 0.2) is 77.7 Å². The van der Waals surface area contributed by atoms with Gasteiger partial charge in [-0.05, 0) is 89.6 Å². The highest BCUT2D eigenvalue weighted by Gasteiger charge is 2.33. The van der Waals surface area contributed by atoms with E-state index in [0.717, 1.165) is 9.87 Å². The van der Waals surface area contributed by atoms with Crippen molar-refractivity contribution >= 4 is 39.1 Å². The molecule has 41 heavy (non-hydrogen) atoms. The van der Waals surface area contributed by atoms with Crippen molar-refractivity contribution in [2.75, 3.05) is 17.5 Å². The number of halogens is 1. The lowest BCUT2D eigenvalue weighted by molar-refractivity contribution is -0.140. The maximum Gasteiger partial charge on any atom is 0.264 e. The number of hydrogen-bond acceptors (Lipinski definition) is 5. The zero-order valence-corrected chi connectivity index (χ0v) is 25.9. The highest BCUT2D eigenvalue weighted by molar-refractivity contribution is 7.92. The lowest BCUT2D eigenvalue weighted by Gasteiger charge is -2.33. The van der Waals surface area contributed by atoms with Crippen LogP contribution in [0.4, 0.5) is 5.69 Å². The van der Waals surface area contributed by atoms with Gasteiger partial charge in [0.2, 0.25) is 11.8 Å². The number of nitrogens with one attached hydrogen (secondary N) is 1. The van der Waals surface area contributed by atoms with Crippen LogP contribution in [0.1, 0.15) is 45.7 Å². The lowest BCUT2D eigenvalue weighted by Crippen LogP contribution is -2.54. The normalized spacial score (nSPS) is 12.4. The van der Waals surface area contributed by atoms with Gasteiger partial charge in [0.05, 0.1) is 17.2 Å². The van der Waals surface area contributed by atoms with Gasteiger partial charge in [-0.3, -0.25) is 13.9 Å². The topological polar surface area (TPSA) is 96.0 Å². The Hall–Kier alpha value is -3.56. The summed E-state index contributed by atoms with van der Waals surface area (Å²) in [4.78, 5) is 28.6. The second-order valence-electron chi connectivity index (χ2n) is 10.8. The number of hydrogen-bond donors (Lipinski definition) is 1. The fourth-order valence-electron chi connectivity index (χ4n) is 4.11. The van der Waals surface area contributed by atoms with E-state index in [4.69, 9.17) is 16.3 Å². The van der Waals surface area contributed by atoms with Gasteiger partial charge in [0.25, 0.3) is 10.0 Å². The van der Waals surface area contributed by atoms with Crippen molar-refractivity contribution in [2.24, 2.45) is 0 Å². The number of carbonyl (C=O) groups is 2. The molecule has 0 heterocycles. The monoisotopic (exact) mass is 599 g/mol. The predicted octanol–water partition coefficient (Wildman–Crippen LogP) is 5.57. The van der Waals surface area contributed by atoms with Crippen molar-refractivity contribution in [3.8, 4) is 5.75 Å². The first-order valence-electron chi connectivity index (χ1n) is 13.4. The van der Waals surface area contributed by atoms with E-state index in [1.54, 1.807) is 67.6 Å². The molecule has 1 atom stereocenters. The van der Waals surface area contributed by atoms with Crippen LogP contribution in [0.3, 0.4) is 0 Å². The van der Waals surface area contributed by atoms with Crippen molar-refractivity contribution in [2.45, 2.75) is 64.6 Å². The Kier molecular flexibility index (Phi) is 10.4. The van der Waals surface area contributed by atoms with Crippen LogP contribution < -0.4 is 14.4 Å². The van der Waals surface area contributed by atoms with Crippen molar-refractivity contribution in [1.82, 2.24) is 10.2 Å². The molecule has 0 aliphatic carbocycles. The Balaban J connectivity index is 2.05. The van der Waals surface area contributed by atoms with Gasteiger partial charge in [0.15, 0.2) is 0 Å². The van der Waals surface area contributed by atoms with E-state index in [1.165, 1.54) is 17.0 Å². The van der Waals surface area contributed by atoms with Crippen LogP contribution >= 0.6 is 11.6 Å². The first-order valence-corrected chi connectivity index (χ1v) is 15.2. The van der Waals surface area contributed by atoms with E-state index >= 15 is 0 Å². The van der Waals surface area contributed by atoms with E-state index in [1.807, 2.05) is 34.6 Å². The summed E-state index contributed by atoms with van der Waals surface area (Å²) in [5.41, 5.74) is 1.28. The average molecular weight is 600 g/mol. The van der Waals surface area contributed by atoms with Crippen LogP contribution in [0.25, 0.3) is 0 Å². The molecule has 3 aromatic rings. The Morgan fingerprint density at radius 1 is 0.976 bits per heavy atom. The summed E-state index contributed by atoms with van der Waals surface area (Å²) in [5.74, 6) is -0.360. The first kappa shape index (κ1) is 32.0. The number of benzene rings is 3.